The maximum Gasteiger partial charge on any atom is 0.0561 e. The van der Waals surface area contributed by atoms with E-state index >= 15 is 0 Å². The summed E-state index contributed by atoms with van der Waals surface area (Å²) in [4.78, 5) is 3.80. The van der Waals surface area contributed by atoms with E-state index in [1.54, 1.807) is 11.1 Å². The molecule has 2 aliphatic rings. The van der Waals surface area contributed by atoms with E-state index in [-0.39, 0.29) is 12.0 Å². The van der Waals surface area contributed by atoms with Crippen LogP contribution >= 0.6 is 11.3 Å². The first-order valence-corrected chi connectivity index (χ1v) is 20.4. The van der Waals surface area contributed by atoms with E-state index in [1.807, 2.05) is 17.4 Å². The molecule has 2 heteroatoms. The van der Waals surface area contributed by atoms with Crippen LogP contribution < -0.4 is 4.90 Å². The average molecular weight is 720 g/mol. The maximum absolute atomic E-state index is 4.41. The number of allylic oxidation sites excluding steroid dienone is 5. The van der Waals surface area contributed by atoms with Gasteiger partial charge < -0.3 is 4.90 Å². The second-order valence-electron chi connectivity index (χ2n) is 14.7. The lowest BCUT2D eigenvalue weighted by molar-refractivity contribution is 0.770. The Labute approximate surface area is 325 Å². The van der Waals surface area contributed by atoms with E-state index in [1.165, 1.54) is 59.1 Å². The lowest BCUT2D eigenvalue weighted by atomic mass is 9.79. The van der Waals surface area contributed by atoms with Gasteiger partial charge in [-0.2, -0.15) is 0 Å². The Morgan fingerprint density at radius 1 is 0.741 bits per heavy atom. The summed E-state index contributed by atoms with van der Waals surface area (Å²) in [5.41, 5.74) is 12.4. The highest BCUT2D eigenvalue weighted by molar-refractivity contribution is 7.19. The van der Waals surface area contributed by atoms with Gasteiger partial charge in [0.15, 0.2) is 0 Å². The third kappa shape index (κ3) is 7.36. The van der Waals surface area contributed by atoms with Gasteiger partial charge in [0.1, 0.15) is 0 Å². The van der Waals surface area contributed by atoms with Gasteiger partial charge in [0, 0.05) is 33.8 Å². The molecule has 54 heavy (non-hydrogen) atoms. The predicted molar refractivity (Wildman–Crippen MR) is 238 cm³/mol. The molecule has 0 amide bonds. The summed E-state index contributed by atoms with van der Waals surface area (Å²) in [6.07, 6.45) is 28.5. The maximum atomic E-state index is 4.41. The Morgan fingerprint density at radius 3 is 2.31 bits per heavy atom. The van der Waals surface area contributed by atoms with Gasteiger partial charge in [0.05, 0.1) is 6.04 Å². The molecule has 1 nitrogen and oxygen atoms in total. The van der Waals surface area contributed by atoms with Crippen LogP contribution in [0.2, 0.25) is 0 Å². The first kappa shape index (κ1) is 35.6. The molecule has 0 saturated carbocycles. The van der Waals surface area contributed by atoms with Crippen LogP contribution in [-0.4, -0.2) is 6.04 Å². The summed E-state index contributed by atoms with van der Waals surface area (Å²) in [7, 11) is 0. The normalized spacial score (nSPS) is 14.5. The quantitative estimate of drug-likeness (QED) is 0.101. The van der Waals surface area contributed by atoms with Crippen LogP contribution in [0.3, 0.4) is 0 Å². The Morgan fingerprint density at radius 2 is 1.52 bits per heavy atom. The highest BCUT2D eigenvalue weighted by Crippen LogP contribution is 2.39. The molecule has 268 valence electrons. The third-order valence-corrected chi connectivity index (χ3v) is 12.4. The summed E-state index contributed by atoms with van der Waals surface area (Å²) in [6, 6.07) is 36.1. The van der Waals surface area contributed by atoms with Gasteiger partial charge in [0.25, 0.3) is 0 Å². The molecule has 1 heterocycles. The van der Waals surface area contributed by atoms with Crippen molar-refractivity contribution in [1.29, 1.82) is 0 Å². The average Bonchev–Trinajstić information content (AvgIpc) is 3.64. The Hall–Kier alpha value is -5.44. The second-order valence-corrected chi connectivity index (χ2v) is 15.8. The van der Waals surface area contributed by atoms with Crippen LogP contribution in [0.15, 0.2) is 159 Å². The summed E-state index contributed by atoms with van der Waals surface area (Å²) < 4.78 is 1.33. The van der Waals surface area contributed by atoms with Crippen LogP contribution in [0.4, 0.5) is 5.69 Å². The van der Waals surface area contributed by atoms with Crippen LogP contribution in [0, 0.1) is 0 Å². The number of thiophene rings is 1. The zero-order valence-electron chi connectivity index (χ0n) is 31.2. The number of fused-ring (bicyclic) bond motifs is 5. The molecule has 2 unspecified atom stereocenters. The molecule has 0 spiro atoms. The Balaban J connectivity index is 1.17. The van der Waals surface area contributed by atoms with Crippen molar-refractivity contribution >= 4 is 50.0 Å². The van der Waals surface area contributed by atoms with Crippen molar-refractivity contribution in [2.75, 3.05) is 4.90 Å². The van der Waals surface area contributed by atoms with E-state index in [0.717, 1.165) is 57.1 Å². The standard InChI is InChI=1S/C52H49NS/c1-4-7-18-40-31-38-19-8-9-20-39(38)34-50(40)41-23-16-25-45(32-41)53(44(6-3)36-46-33-43-22-11-15-29-52(43)54-46)30-17-24-37(5-2)51-35-42-21-10-12-26-47(42)48-27-13-14-28-49(48)51/h4-6,8-11,14-17,19-23,25,28-35,37,44H,1-3,7,12-13,18,24,26-27,36H2/b30-17+. The van der Waals surface area contributed by atoms with E-state index in [4.69, 9.17) is 0 Å². The lowest BCUT2D eigenvalue weighted by Gasteiger charge is -2.29. The van der Waals surface area contributed by atoms with Gasteiger partial charge in [-0.15, -0.1) is 31.1 Å². The molecule has 2 aliphatic carbocycles. The molecule has 5 aromatic carbocycles. The highest BCUT2D eigenvalue weighted by atomic mass is 32.1. The Bertz CT molecular complexity index is 2400. The predicted octanol–water partition coefficient (Wildman–Crippen LogP) is 14.2. The van der Waals surface area contributed by atoms with Gasteiger partial charge in [-0.1, -0.05) is 115 Å². The number of rotatable bonds is 14. The van der Waals surface area contributed by atoms with Crippen molar-refractivity contribution in [3.8, 4) is 11.1 Å². The number of anilines is 1. The molecular formula is C52H49NS. The fourth-order valence-corrected chi connectivity index (χ4v) is 9.61. The minimum absolute atomic E-state index is 0.0631. The molecule has 2 atom stereocenters. The third-order valence-electron chi connectivity index (χ3n) is 11.3. The first-order chi connectivity index (χ1) is 26.6. The lowest BCUT2D eigenvalue weighted by Crippen LogP contribution is -2.30. The number of nitrogens with zero attached hydrogens (tertiary/aromatic N) is 1. The summed E-state index contributed by atoms with van der Waals surface area (Å²) in [6.45, 7) is 12.8. The van der Waals surface area contributed by atoms with Gasteiger partial charge in [-0.3, -0.25) is 0 Å². The Kier molecular flexibility index (Phi) is 10.7. The molecule has 8 rings (SSSR count). The van der Waals surface area contributed by atoms with Crippen molar-refractivity contribution in [1.82, 2.24) is 0 Å². The van der Waals surface area contributed by atoms with Gasteiger partial charge in [0.2, 0.25) is 0 Å². The van der Waals surface area contributed by atoms with Gasteiger partial charge in [-0.05, 0) is 136 Å². The molecule has 0 radical (unpaired) electrons. The summed E-state index contributed by atoms with van der Waals surface area (Å²) in [5.74, 6) is 0.210. The van der Waals surface area contributed by atoms with Crippen LogP contribution in [0.1, 0.15) is 69.9 Å². The number of hydrogen-bond acceptors (Lipinski definition) is 2. The highest BCUT2D eigenvalue weighted by Gasteiger charge is 2.22. The van der Waals surface area contributed by atoms with Gasteiger partial charge >= 0.3 is 0 Å². The molecule has 1 aromatic heterocycles. The van der Waals surface area contributed by atoms with Crippen LogP contribution in [0.25, 0.3) is 44.1 Å². The fraction of sp³-hybridized carbons (Fsp3) is 0.192. The fourth-order valence-electron chi connectivity index (χ4n) is 8.50. The van der Waals surface area contributed by atoms with Crippen molar-refractivity contribution in [3.63, 3.8) is 0 Å². The SMILES string of the molecule is C=CCCc1cc2ccccc2cc1-c1cccc(N(/C=C/CC(C=C)c2cc3c(c4c2C=CCC4)CCC=C3)C(C=C)Cc2cc3ccccc3s2)c1. The zero-order valence-corrected chi connectivity index (χ0v) is 32.0. The van der Waals surface area contributed by atoms with Crippen LogP contribution in [0.5, 0.6) is 0 Å². The number of aryl methyl sites for hydroxylation is 1. The first-order valence-electron chi connectivity index (χ1n) is 19.6. The number of benzene rings is 5. The molecule has 0 N–H and O–H groups in total. The molecule has 0 aliphatic heterocycles. The molecule has 0 fully saturated rings. The summed E-state index contributed by atoms with van der Waals surface area (Å²) in [5, 5.41) is 3.84. The molecular weight excluding hydrogens is 671 g/mol. The largest absolute Gasteiger partial charge is 0.341 e. The van der Waals surface area contributed by atoms with E-state index in [2.05, 4.69) is 170 Å². The van der Waals surface area contributed by atoms with E-state index < -0.39 is 0 Å². The smallest absolute Gasteiger partial charge is 0.0561 e. The second kappa shape index (κ2) is 16.3. The number of hydrogen-bond donors (Lipinski definition) is 0. The van der Waals surface area contributed by atoms with Crippen LogP contribution in [-0.2, 0) is 25.7 Å². The van der Waals surface area contributed by atoms with E-state index in [9.17, 15) is 0 Å². The molecule has 0 bridgehead atoms. The van der Waals surface area contributed by atoms with Crippen molar-refractivity contribution in [2.24, 2.45) is 0 Å². The van der Waals surface area contributed by atoms with Gasteiger partial charge in [-0.25, -0.2) is 0 Å². The van der Waals surface area contributed by atoms with E-state index in [0.29, 0.717) is 0 Å². The minimum Gasteiger partial charge on any atom is -0.341 e. The van der Waals surface area contributed by atoms with Crippen molar-refractivity contribution in [3.05, 3.63) is 198 Å². The summed E-state index contributed by atoms with van der Waals surface area (Å²) >= 11 is 1.89. The topological polar surface area (TPSA) is 3.24 Å². The molecule has 0 saturated heterocycles. The zero-order chi connectivity index (χ0) is 36.9. The molecule has 6 aromatic rings. The van der Waals surface area contributed by atoms with Crippen molar-refractivity contribution < 1.29 is 0 Å². The monoisotopic (exact) mass is 719 g/mol. The van der Waals surface area contributed by atoms with Crippen molar-refractivity contribution in [2.45, 2.75) is 63.3 Å². The minimum atomic E-state index is 0.0631.